The van der Waals surface area contributed by atoms with Crippen LogP contribution in [0, 0.1) is 12.7 Å². The molecule has 0 saturated carbocycles. The molecule has 3 aromatic rings. The maximum absolute atomic E-state index is 14.8. The Balaban J connectivity index is 1.76. The van der Waals surface area contributed by atoms with Crippen LogP contribution in [0.5, 0.6) is 11.5 Å². The lowest BCUT2D eigenvalue weighted by molar-refractivity contribution is -0.132. The summed E-state index contributed by atoms with van der Waals surface area (Å²) in [6.45, 7) is 8.94. The zero-order chi connectivity index (χ0) is 24.7. The monoisotopic (exact) mass is 466 g/mol. The van der Waals surface area contributed by atoms with Gasteiger partial charge in [0.25, 0.3) is 5.91 Å². The molecule has 0 bridgehead atoms. The van der Waals surface area contributed by atoms with E-state index in [0.717, 1.165) is 5.56 Å². The van der Waals surface area contributed by atoms with Crippen LogP contribution in [-0.4, -0.2) is 47.6 Å². The lowest BCUT2D eigenvalue weighted by Gasteiger charge is -2.19. The highest BCUT2D eigenvalue weighted by Crippen LogP contribution is 2.30. The molecule has 1 aromatic heterocycles. The number of hydrogen-bond acceptors (Lipinski definition) is 6. The van der Waals surface area contributed by atoms with Crippen LogP contribution in [0.25, 0.3) is 11.3 Å². The lowest BCUT2D eigenvalue weighted by atomic mass is 10.1. The number of likely N-dealkylation sites (N-methyl/N-ethyl adjacent to an activating group) is 1. The fourth-order valence-electron chi connectivity index (χ4n) is 3.64. The number of nitrogens with one attached hydrogen (secondary N) is 1. The normalized spacial score (nSPS) is 11.6. The number of hydrogen-bond donors (Lipinski definition) is 1. The molecule has 34 heavy (non-hydrogen) atoms. The van der Waals surface area contributed by atoms with Crippen molar-refractivity contribution in [3.8, 4) is 22.8 Å². The summed E-state index contributed by atoms with van der Waals surface area (Å²) in [6, 6.07) is 14.1. The molecule has 2 aromatic carbocycles. The number of benzene rings is 2. The van der Waals surface area contributed by atoms with Crippen molar-refractivity contribution in [2.75, 3.05) is 32.1 Å². The number of carbonyl (C=O) groups excluding carboxylic acids is 1. The largest absolute Gasteiger partial charge is 0.494 e. The standard InChI is InChI=1S/C26H31FN4O3/c1-6-31(7-2)25(32)16-34-20-11-8-10-19(14-20)17(3)28-24-15-22(29-18(4)30-24)21-12-9-13-23(33-5)26(21)27/h8-15,17H,6-7,16H2,1-5H3,(H,28,29,30). The first-order valence-electron chi connectivity index (χ1n) is 11.3. The third-order valence-corrected chi connectivity index (χ3v) is 5.50. The molecule has 0 radical (unpaired) electrons. The maximum Gasteiger partial charge on any atom is 0.260 e. The minimum Gasteiger partial charge on any atom is -0.494 e. The summed E-state index contributed by atoms with van der Waals surface area (Å²) >= 11 is 0. The molecule has 8 heteroatoms. The molecule has 3 rings (SSSR count). The summed E-state index contributed by atoms with van der Waals surface area (Å²) in [5.41, 5.74) is 1.76. The number of nitrogens with zero attached hydrogens (tertiary/aromatic N) is 3. The van der Waals surface area contributed by atoms with Crippen molar-refractivity contribution in [3.63, 3.8) is 0 Å². The van der Waals surface area contributed by atoms with E-state index in [1.165, 1.54) is 7.11 Å². The lowest BCUT2D eigenvalue weighted by Crippen LogP contribution is -2.34. The molecule has 1 atom stereocenters. The van der Waals surface area contributed by atoms with Gasteiger partial charge >= 0.3 is 0 Å². The average Bonchev–Trinajstić information content (AvgIpc) is 2.83. The van der Waals surface area contributed by atoms with E-state index in [1.54, 1.807) is 36.1 Å². The van der Waals surface area contributed by atoms with E-state index in [9.17, 15) is 9.18 Å². The first kappa shape index (κ1) is 25.0. The van der Waals surface area contributed by atoms with E-state index in [0.29, 0.717) is 41.7 Å². The Morgan fingerprint density at radius 3 is 2.56 bits per heavy atom. The summed E-state index contributed by atoms with van der Waals surface area (Å²) in [5, 5.41) is 3.35. The second-order valence-electron chi connectivity index (χ2n) is 7.80. The Morgan fingerprint density at radius 2 is 1.85 bits per heavy atom. The second-order valence-corrected chi connectivity index (χ2v) is 7.80. The van der Waals surface area contributed by atoms with Gasteiger partial charge in [-0.1, -0.05) is 18.2 Å². The molecule has 1 amide bonds. The van der Waals surface area contributed by atoms with Gasteiger partial charge < -0.3 is 19.7 Å². The number of rotatable bonds is 10. The molecule has 0 spiro atoms. The number of aryl methyl sites for hydroxylation is 1. The Kier molecular flexibility index (Phi) is 8.40. The van der Waals surface area contributed by atoms with Gasteiger partial charge in [-0.2, -0.15) is 0 Å². The predicted octanol–water partition coefficient (Wildman–Crippen LogP) is 5.02. The van der Waals surface area contributed by atoms with Gasteiger partial charge in [0.2, 0.25) is 0 Å². The van der Waals surface area contributed by atoms with Gasteiger partial charge in [-0.05, 0) is 57.5 Å². The van der Waals surface area contributed by atoms with E-state index in [1.807, 2.05) is 45.0 Å². The Labute approximate surface area is 199 Å². The van der Waals surface area contributed by atoms with Crippen molar-refractivity contribution in [1.82, 2.24) is 14.9 Å². The van der Waals surface area contributed by atoms with Crippen LogP contribution >= 0.6 is 0 Å². The van der Waals surface area contributed by atoms with Gasteiger partial charge in [-0.3, -0.25) is 4.79 Å². The Bertz CT molecular complexity index is 1130. The molecular formula is C26H31FN4O3. The molecule has 1 heterocycles. The molecule has 0 aliphatic carbocycles. The van der Waals surface area contributed by atoms with Crippen LogP contribution in [0.3, 0.4) is 0 Å². The van der Waals surface area contributed by atoms with E-state index in [4.69, 9.17) is 9.47 Å². The van der Waals surface area contributed by atoms with Gasteiger partial charge in [0, 0.05) is 24.7 Å². The molecule has 0 aliphatic heterocycles. The summed E-state index contributed by atoms with van der Waals surface area (Å²) < 4.78 is 25.6. The average molecular weight is 467 g/mol. The quantitative estimate of drug-likeness (QED) is 0.452. The Morgan fingerprint density at radius 1 is 1.12 bits per heavy atom. The number of halogens is 1. The van der Waals surface area contributed by atoms with Gasteiger partial charge in [-0.25, -0.2) is 14.4 Å². The molecule has 0 fully saturated rings. The molecule has 1 N–H and O–H groups in total. The third-order valence-electron chi connectivity index (χ3n) is 5.50. The molecule has 1 unspecified atom stereocenters. The molecule has 0 aliphatic rings. The number of amides is 1. The van der Waals surface area contributed by atoms with E-state index >= 15 is 0 Å². The highest BCUT2D eigenvalue weighted by atomic mass is 19.1. The van der Waals surface area contributed by atoms with Gasteiger partial charge in [0.1, 0.15) is 17.4 Å². The summed E-state index contributed by atoms with van der Waals surface area (Å²) in [4.78, 5) is 22.8. The van der Waals surface area contributed by atoms with Crippen molar-refractivity contribution < 1.29 is 18.7 Å². The second kappa shape index (κ2) is 11.4. The van der Waals surface area contributed by atoms with Crippen molar-refractivity contribution in [1.29, 1.82) is 0 Å². The van der Waals surface area contributed by atoms with Crippen LogP contribution in [0.15, 0.2) is 48.5 Å². The summed E-state index contributed by atoms with van der Waals surface area (Å²) in [6.07, 6.45) is 0. The predicted molar refractivity (Wildman–Crippen MR) is 131 cm³/mol. The number of anilines is 1. The topological polar surface area (TPSA) is 76.6 Å². The van der Waals surface area contributed by atoms with E-state index in [2.05, 4.69) is 15.3 Å². The van der Waals surface area contributed by atoms with Crippen LogP contribution in [0.1, 0.15) is 38.2 Å². The number of carbonyl (C=O) groups is 1. The van der Waals surface area contributed by atoms with Gasteiger partial charge in [-0.15, -0.1) is 0 Å². The van der Waals surface area contributed by atoms with Crippen molar-refractivity contribution >= 4 is 11.7 Å². The highest BCUT2D eigenvalue weighted by molar-refractivity contribution is 5.77. The fraction of sp³-hybridized carbons (Fsp3) is 0.346. The SMILES string of the molecule is CCN(CC)C(=O)COc1cccc(C(C)Nc2cc(-c3cccc(OC)c3F)nc(C)n2)c1. The zero-order valence-corrected chi connectivity index (χ0v) is 20.3. The molecule has 0 saturated heterocycles. The zero-order valence-electron chi connectivity index (χ0n) is 20.3. The van der Waals surface area contributed by atoms with Crippen LogP contribution in [0.4, 0.5) is 10.2 Å². The molecule has 7 nitrogen and oxygen atoms in total. The molecule has 180 valence electrons. The highest BCUT2D eigenvalue weighted by Gasteiger charge is 2.15. The van der Waals surface area contributed by atoms with E-state index in [-0.39, 0.29) is 24.3 Å². The van der Waals surface area contributed by atoms with Crippen LogP contribution in [0.2, 0.25) is 0 Å². The van der Waals surface area contributed by atoms with Crippen molar-refractivity contribution in [2.24, 2.45) is 0 Å². The first-order chi connectivity index (χ1) is 16.4. The fourth-order valence-corrected chi connectivity index (χ4v) is 3.64. The summed E-state index contributed by atoms with van der Waals surface area (Å²) in [5.74, 6) is 1.35. The number of aromatic nitrogens is 2. The van der Waals surface area contributed by atoms with Crippen molar-refractivity contribution in [2.45, 2.75) is 33.7 Å². The number of ether oxygens (including phenoxy) is 2. The van der Waals surface area contributed by atoms with Crippen molar-refractivity contribution in [3.05, 3.63) is 65.7 Å². The minimum absolute atomic E-state index is 0.00644. The third kappa shape index (κ3) is 6.01. The van der Waals surface area contributed by atoms with Gasteiger partial charge in [0.15, 0.2) is 18.2 Å². The maximum atomic E-state index is 14.8. The molecular weight excluding hydrogens is 435 g/mol. The van der Waals surface area contributed by atoms with Crippen LogP contribution < -0.4 is 14.8 Å². The minimum atomic E-state index is -0.466. The number of methoxy groups -OCH3 is 1. The van der Waals surface area contributed by atoms with Crippen LogP contribution in [-0.2, 0) is 4.79 Å². The Hall–Kier alpha value is -3.68. The van der Waals surface area contributed by atoms with E-state index < -0.39 is 5.82 Å². The smallest absolute Gasteiger partial charge is 0.260 e. The first-order valence-corrected chi connectivity index (χ1v) is 11.3. The van der Waals surface area contributed by atoms with Gasteiger partial charge in [0.05, 0.1) is 18.8 Å². The summed E-state index contributed by atoms with van der Waals surface area (Å²) in [7, 11) is 1.43.